The Bertz CT molecular complexity index is 648. The van der Waals surface area contributed by atoms with Crippen LogP contribution in [-0.2, 0) is 4.79 Å². The van der Waals surface area contributed by atoms with Crippen molar-refractivity contribution in [3.8, 4) is 5.75 Å². The van der Waals surface area contributed by atoms with E-state index in [-0.39, 0.29) is 11.9 Å². The van der Waals surface area contributed by atoms with E-state index in [2.05, 4.69) is 24.5 Å². The highest BCUT2D eigenvalue weighted by atomic mass is 16.5. The first-order valence-electron chi connectivity index (χ1n) is 8.39. The molecule has 0 unspecified atom stereocenters. The van der Waals surface area contributed by atoms with Crippen LogP contribution in [0.25, 0.3) is 0 Å². The molecular formula is C20H26N2O2. The summed E-state index contributed by atoms with van der Waals surface area (Å²) in [4.78, 5) is 12.3. The summed E-state index contributed by atoms with van der Waals surface area (Å²) >= 11 is 0. The van der Waals surface area contributed by atoms with Gasteiger partial charge in [0.25, 0.3) is 0 Å². The molecule has 2 N–H and O–H groups in total. The van der Waals surface area contributed by atoms with Crippen LogP contribution < -0.4 is 15.4 Å². The predicted molar refractivity (Wildman–Crippen MR) is 99.9 cm³/mol. The maximum Gasteiger partial charge on any atom is 0.246 e. The highest BCUT2D eigenvalue weighted by Gasteiger charge is 2.13. The van der Waals surface area contributed by atoms with Crippen molar-refractivity contribution in [3.63, 3.8) is 0 Å². The molecule has 1 atom stereocenters. The summed E-state index contributed by atoms with van der Waals surface area (Å²) in [5.41, 5.74) is 2.95. The Morgan fingerprint density at radius 2 is 1.54 bits per heavy atom. The van der Waals surface area contributed by atoms with Gasteiger partial charge in [0.2, 0.25) is 5.91 Å². The van der Waals surface area contributed by atoms with Gasteiger partial charge in [-0.2, -0.15) is 0 Å². The van der Waals surface area contributed by atoms with Gasteiger partial charge < -0.3 is 15.4 Å². The number of ether oxygens (including phenoxy) is 1. The topological polar surface area (TPSA) is 50.4 Å². The summed E-state index contributed by atoms with van der Waals surface area (Å²) in [7, 11) is 0. The highest BCUT2D eigenvalue weighted by Crippen LogP contribution is 2.18. The highest BCUT2D eigenvalue weighted by molar-refractivity contribution is 5.96. The zero-order valence-electron chi connectivity index (χ0n) is 14.8. The quantitative estimate of drug-likeness (QED) is 0.779. The Morgan fingerprint density at radius 3 is 2.08 bits per heavy atom. The molecule has 0 aliphatic carbocycles. The molecule has 128 valence electrons. The number of hydrogen-bond acceptors (Lipinski definition) is 3. The Kier molecular flexibility index (Phi) is 6.24. The molecule has 24 heavy (non-hydrogen) atoms. The zero-order valence-corrected chi connectivity index (χ0v) is 14.8. The minimum absolute atomic E-state index is 0.0684. The number of amides is 1. The van der Waals surface area contributed by atoms with Crippen molar-refractivity contribution < 1.29 is 9.53 Å². The molecule has 0 spiro atoms. The van der Waals surface area contributed by atoms with Crippen LogP contribution in [0, 0.1) is 0 Å². The van der Waals surface area contributed by atoms with Crippen LogP contribution >= 0.6 is 0 Å². The summed E-state index contributed by atoms with van der Waals surface area (Å²) in [6, 6.07) is 15.2. The largest absolute Gasteiger partial charge is 0.494 e. The first kappa shape index (κ1) is 17.9. The molecule has 4 heteroatoms. The number of anilines is 2. The maximum atomic E-state index is 12.3. The molecule has 0 radical (unpaired) electrons. The van der Waals surface area contributed by atoms with Gasteiger partial charge in [-0.1, -0.05) is 26.0 Å². The average molecular weight is 326 g/mol. The smallest absolute Gasteiger partial charge is 0.246 e. The molecular weight excluding hydrogens is 300 g/mol. The average Bonchev–Trinajstić information content (AvgIpc) is 2.57. The molecule has 0 aromatic heterocycles. The fourth-order valence-corrected chi connectivity index (χ4v) is 2.33. The van der Waals surface area contributed by atoms with Crippen molar-refractivity contribution in [1.82, 2.24) is 0 Å². The molecule has 0 bridgehead atoms. The van der Waals surface area contributed by atoms with Crippen molar-refractivity contribution in [2.75, 3.05) is 17.2 Å². The van der Waals surface area contributed by atoms with Gasteiger partial charge in [-0.25, -0.2) is 0 Å². The molecule has 1 amide bonds. The number of carbonyl (C=O) groups is 1. The van der Waals surface area contributed by atoms with Crippen LogP contribution in [0.2, 0.25) is 0 Å². The number of hydrogen-bond donors (Lipinski definition) is 2. The summed E-state index contributed by atoms with van der Waals surface area (Å²) in [6.07, 6.45) is 0. The summed E-state index contributed by atoms with van der Waals surface area (Å²) < 4.78 is 5.41. The Hall–Kier alpha value is -2.49. The monoisotopic (exact) mass is 326 g/mol. The van der Waals surface area contributed by atoms with Gasteiger partial charge in [-0.05, 0) is 61.7 Å². The second-order valence-electron chi connectivity index (χ2n) is 6.09. The van der Waals surface area contributed by atoms with E-state index in [1.807, 2.05) is 62.4 Å². The zero-order chi connectivity index (χ0) is 17.5. The van der Waals surface area contributed by atoms with Crippen LogP contribution in [0.5, 0.6) is 5.75 Å². The van der Waals surface area contributed by atoms with E-state index in [1.165, 1.54) is 5.56 Å². The van der Waals surface area contributed by atoms with E-state index in [0.29, 0.717) is 12.5 Å². The van der Waals surface area contributed by atoms with Crippen LogP contribution in [0.1, 0.15) is 39.2 Å². The minimum Gasteiger partial charge on any atom is -0.494 e. The van der Waals surface area contributed by atoms with Crippen molar-refractivity contribution >= 4 is 17.3 Å². The SMILES string of the molecule is CCOc1ccc(N[C@@H](C)C(=O)Nc2ccc(C(C)C)cc2)cc1. The van der Waals surface area contributed by atoms with Crippen LogP contribution in [0.15, 0.2) is 48.5 Å². The third-order valence-electron chi connectivity index (χ3n) is 3.79. The Morgan fingerprint density at radius 1 is 0.958 bits per heavy atom. The Balaban J connectivity index is 1.91. The standard InChI is InChI=1S/C20H26N2O2/c1-5-24-19-12-10-17(11-13-19)21-15(4)20(23)22-18-8-6-16(7-9-18)14(2)3/h6-15,21H,5H2,1-4H3,(H,22,23)/t15-/m0/s1. The van der Waals surface area contributed by atoms with Crippen molar-refractivity contribution in [2.45, 2.75) is 39.7 Å². The predicted octanol–water partition coefficient (Wildman–Crippen LogP) is 4.65. The second-order valence-corrected chi connectivity index (χ2v) is 6.09. The summed E-state index contributed by atoms with van der Waals surface area (Å²) in [5, 5.41) is 6.13. The van der Waals surface area contributed by atoms with Gasteiger partial charge >= 0.3 is 0 Å². The maximum absolute atomic E-state index is 12.3. The third kappa shape index (κ3) is 5.01. The van der Waals surface area contributed by atoms with Crippen molar-refractivity contribution in [1.29, 1.82) is 0 Å². The fourth-order valence-electron chi connectivity index (χ4n) is 2.33. The molecule has 0 heterocycles. The third-order valence-corrected chi connectivity index (χ3v) is 3.79. The number of nitrogens with one attached hydrogen (secondary N) is 2. The van der Waals surface area contributed by atoms with E-state index in [0.717, 1.165) is 17.1 Å². The van der Waals surface area contributed by atoms with Crippen molar-refractivity contribution in [3.05, 3.63) is 54.1 Å². The van der Waals surface area contributed by atoms with E-state index in [4.69, 9.17) is 4.74 Å². The van der Waals surface area contributed by atoms with E-state index in [1.54, 1.807) is 0 Å². The summed E-state index contributed by atoms with van der Waals surface area (Å²) in [5.74, 6) is 1.24. The molecule has 0 saturated heterocycles. The van der Waals surface area contributed by atoms with Gasteiger partial charge in [-0.3, -0.25) is 4.79 Å². The molecule has 0 aliphatic rings. The molecule has 2 aromatic rings. The van der Waals surface area contributed by atoms with Gasteiger partial charge in [0, 0.05) is 11.4 Å². The van der Waals surface area contributed by atoms with E-state index < -0.39 is 0 Å². The number of benzene rings is 2. The molecule has 0 fully saturated rings. The van der Waals surface area contributed by atoms with Gasteiger partial charge in [-0.15, -0.1) is 0 Å². The fraction of sp³-hybridized carbons (Fsp3) is 0.350. The lowest BCUT2D eigenvalue weighted by molar-refractivity contribution is -0.116. The van der Waals surface area contributed by atoms with Gasteiger partial charge in [0.1, 0.15) is 11.8 Å². The van der Waals surface area contributed by atoms with Crippen LogP contribution in [0.4, 0.5) is 11.4 Å². The molecule has 0 saturated carbocycles. The normalized spacial score (nSPS) is 11.9. The lowest BCUT2D eigenvalue weighted by Crippen LogP contribution is -2.31. The minimum atomic E-state index is -0.340. The number of rotatable bonds is 7. The van der Waals surface area contributed by atoms with Gasteiger partial charge in [0.05, 0.1) is 6.61 Å². The number of carbonyl (C=O) groups excluding carboxylic acids is 1. The lowest BCUT2D eigenvalue weighted by atomic mass is 10.0. The lowest BCUT2D eigenvalue weighted by Gasteiger charge is -2.16. The summed E-state index contributed by atoms with van der Waals surface area (Å²) in [6.45, 7) is 8.73. The van der Waals surface area contributed by atoms with E-state index >= 15 is 0 Å². The first-order chi connectivity index (χ1) is 11.5. The Labute approximate surface area is 144 Å². The first-order valence-corrected chi connectivity index (χ1v) is 8.39. The molecule has 2 rings (SSSR count). The molecule has 0 aliphatic heterocycles. The molecule has 2 aromatic carbocycles. The second kappa shape index (κ2) is 8.39. The van der Waals surface area contributed by atoms with Crippen LogP contribution in [0.3, 0.4) is 0 Å². The van der Waals surface area contributed by atoms with Gasteiger partial charge in [0.15, 0.2) is 0 Å². The van der Waals surface area contributed by atoms with E-state index in [9.17, 15) is 4.79 Å². The van der Waals surface area contributed by atoms with Crippen LogP contribution in [-0.4, -0.2) is 18.6 Å². The molecule has 4 nitrogen and oxygen atoms in total. The van der Waals surface area contributed by atoms with Crippen molar-refractivity contribution in [2.24, 2.45) is 0 Å².